The van der Waals surface area contributed by atoms with Crippen molar-refractivity contribution in [2.75, 3.05) is 19.6 Å². The van der Waals surface area contributed by atoms with Crippen LogP contribution in [0.4, 0.5) is 0 Å². The van der Waals surface area contributed by atoms with Gasteiger partial charge in [-0.05, 0) is 31.3 Å². The molecule has 0 radical (unpaired) electrons. The van der Waals surface area contributed by atoms with Crippen LogP contribution in [0.5, 0.6) is 0 Å². The minimum absolute atomic E-state index is 0.143. The summed E-state index contributed by atoms with van der Waals surface area (Å²) < 4.78 is 5.29. The number of rotatable bonds is 4. The van der Waals surface area contributed by atoms with Crippen molar-refractivity contribution in [2.24, 2.45) is 11.1 Å². The van der Waals surface area contributed by atoms with Gasteiger partial charge in [0.05, 0.1) is 6.04 Å². The van der Waals surface area contributed by atoms with E-state index < -0.39 is 0 Å². The number of piperidine rings is 1. The van der Waals surface area contributed by atoms with E-state index in [0.29, 0.717) is 11.7 Å². The Hall–Kier alpha value is -0.940. The molecule has 1 aromatic rings. The maximum atomic E-state index is 6.18. The third-order valence-corrected chi connectivity index (χ3v) is 3.40. The van der Waals surface area contributed by atoms with Crippen LogP contribution < -0.4 is 5.73 Å². The molecule has 5 heteroatoms. The molecule has 0 aromatic carbocycles. The Balaban J connectivity index is 1.90. The Kier molecular flexibility index (Phi) is 4.58. The molecule has 2 heterocycles. The first kappa shape index (κ1) is 14.5. The van der Waals surface area contributed by atoms with Crippen molar-refractivity contribution < 1.29 is 4.52 Å². The molecule has 1 unspecified atom stereocenters. The Morgan fingerprint density at radius 1 is 1.26 bits per heavy atom. The van der Waals surface area contributed by atoms with Crippen molar-refractivity contribution >= 4 is 0 Å². The molecule has 1 aromatic heterocycles. The minimum atomic E-state index is -0.143. The van der Waals surface area contributed by atoms with Crippen molar-refractivity contribution in [3.05, 3.63) is 11.7 Å². The molecule has 0 aliphatic carbocycles. The van der Waals surface area contributed by atoms with Gasteiger partial charge in [0, 0.05) is 13.0 Å². The molecule has 0 spiro atoms. The van der Waals surface area contributed by atoms with Gasteiger partial charge in [-0.2, -0.15) is 4.98 Å². The molecule has 0 bridgehead atoms. The molecule has 0 saturated carbocycles. The summed E-state index contributed by atoms with van der Waals surface area (Å²) in [6.45, 7) is 9.58. The lowest BCUT2D eigenvalue weighted by Crippen LogP contribution is -2.36. The lowest BCUT2D eigenvalue weighted by molar-refractivity contribution is 0.213. The highest BCUT2D eigenvalue weighted by molar-refractivity contribution is 4.96. The molecule has 19 heavy (non-hydrogen) atoms. The summed E-state index contributed by atoms with van der Waals surface area (Å²) in [7, 11) is 0. The molecule has 0 amide bonds. The van der Waals surface area contributed by atoms with Crippen LogP contribution in [-0.4, -0.2) is 34.7 Å². The van der Waals surface area contributed by atoms with Gasteiger partial charge in [0.1, 0.15) is 0 Å². The van der Waals surface area contributed by atoms with Crippen molar-refractivity contribution in [3.8, 4) is 0 Å². The van der Waals surface area contributed by atoms with Gasteiger partial charge in [-0.25, -0.2) is 0 Å². The molecule has 1 fully saturated rings. The Morgan fingerprint density at radius 3 is 2.58 bits per heavy atom. The molecule has 1 saturated heterocycles. The SMILES string of the molecule is CC(C)(C)Cc1nc(C(N)CN2CCCCC2)no1. The summed E-state index contributed by atoms with van der Waals surface area (Å²) in [5.74, 6) is 1.33. The monoisotopic (exact) mass is 266 g/mol. The second-order valence-corrected chi connectivity index (χ2v) is 6.75. The predicted molar refractivity (Wildman–Crippen MR) is 74.7 cm³/mol. The average Bonchev–Trinajstić information content (AvgIpc) is 2.76. The fourth-order valence-electron chi connectivity index (χ4n) is 2.45. The van der Waals surface area contributed by atoms with Crippen LogP contribution in [0, 0.1) is 5.41 Å². The Morgan fingerprint density at radius 2 is 1.95 bits per heavy atom. The molecule has 108 valence electrons. The van der Waals surface area contributed by atoms with Crippen molar-refractivity contribution in [3.63, 3.8) is 0 Å². The normalized spacial score (nSPS) is 19.6. The van der Waals surface area contributed by atoms with Gasteiger partial charge in [0.25, 0.3) is 0 Å². The lowest BCUT2D eigenvalue weighted by Gasteiger charge is -2.27. The lowest BCUT2D eigenvalue weighted by atomic mass is 9.92. The highest BCUT2D eigenvalue weighted by atomic mass is 16.5. The van der Waals surface area contributed by atoms with Gasteiger partial charge in [-0.3, -0.25) is 0 Å². The van der Waals surface area contributed by atoms with Gasteiger partial charge < -0.3 is 15.2 Å². The van der Waals surface area contributed by atoms with Crippen LogP contribution in [0.2, 0.25) is 0 Å². The van der Waals surface area contributed by atoms with E-state index in [-0.39, 0.29) is 11.5 Å². The van der Waals surface area contributed by atoms with E-state index >= 15 is 0 Å². The molecular weight excluding hydrogens is 240 g/mol. The van der Waals surface area contributed by atoms with Crippen LogP contribution in [0.15, 0.2) is 4.52 Å². The van der Waals surface area contributed by atoms with Gasteiger partial charge in [-0.15, -0.1) is 0 Å². The van der Waals surface area contributed by atoms with E-state index in [1.165, 1.54) is 19.3 Å². The van der Waals surface area contributed by atoms with Crippen LogP contribution in [0.1, 0.15) is 57.8 Å². The van der Waals surface area contributed by atoms with Crippen LogP contribution in [-0.2, 0) is 6.42 Å². The van der Waals surface area contributed by atoms with Crippen molar-refractivity contribution in [1.29, 1.82) is 0 Å². The summed E-state index contributed by atoms with van der Waals surface area (Å²) in [5, 5.41) is 4.03. The zero-order valence-corrected chi connectivity index (χ0v) is 12.4. The summed E-state index contributed by atoms with van der Waals surface area (Å²) in [5.41, 5.74) is 6.33. The molecule has 1 aliphatic rings. The first-order chi connectivity index (χ1) is 8.94. The Bertz CT molecular complexity index is 390. The second-order valence-electron chi connectivity index (χ2n) is 6.75. The number of hydrogen-bond acceptors (Lipinski definition) is 5. The molecular formula is C14H26N4O. The molecule has 1 aliphatic heterocycles. The molecule has 5 nitrogen and oxygen atoms in total. The number of hydrogen-bond donors (Lipinski definition) is 1. The van der Waals surface area contributed by atoms with E-state index in [1.54, 1.807) is 0 Å². The zero-order chi connectivity index (χ0) is 13.9. The molecule has 1 atom stereocenters. The van der Waals surface area contributed by atoms with Crippen molar-refractivity contribution in [2.45, 2.75) is 52.5 Å². The third-order valence-electron chi connectivity index (χ3n) is 3.40. The second kappa shape index (κ2) is 6.01. The quantitative estimate of drug-likeness (QED) is 0.904. The molecule has 2 N–H and O–H groups in total. The van der Waals surface area contributed by atoms with E-state index in [1.807, 2.05) is 0 Å². The van der Waals surface area contributed by atoms with Crippen LogP contribution in [0.3, 0.4) is 0 Å². The topological polar surface area (TPSA) is 68.2 Å². The van der Waals surface area contributed by atoms with E-state index in [9.17, 15) is 0 Å². The van der Waals surface area contributed by atoms with Gasteiger partial charge in [-0.1, -0.05) is 32.3 Å². The zero-order valence-electron chi connectivity index (χ0n) is 12.4. The first-order valence-electron chi connectivity index (χ1n) is 7.24. The fourth-order valence-corrected chi connectivity index (χ4v) is 2.45. The summed E-state index contributed by atoms with van der Waals surface area (Å²) >= 11 is 0. The maximum Gasteiger partial charge on any atom is 0.227 e. The summed E-state index contributed by atoms with van der Waals surface area (Å²) in [4.78, 5) is 6.83. The fraction of sp³-hybridized carbons (Fsp3) is 0.857. The van der Waals surface area contributed by atoms with E-state index in [2.05, 4.69) is 35.8 Å². The number of nitrogens with two attached hydrogens (primary N) is 1. The largest absolute Gasteiger partial charge is 0.339 e. The van der Waals surface area contributed by atoms with Gasteiger partial charge in [0.15, 0.2) is 5.82 Å². The van der Waals surface area contributed by atoms with E-state index in [0.717, 1.165) is 26.1 Å². The minimum Gasteiger partial charge on any atom is -0.339 e. The van der Waals surface area contributed by atoms with Crippen molar-refractivity contribution in [1.82, 2.24) is 15.0 Å². The Labute approximate surface area is 115 Å². The predicted octanol–water partition coefficient (Wildman–Crippen LogP) is 2.14. The third kappa shape index (κ3) is 4.58. The maximum absolute atomic E-state index is 6.18. The van der Waals surface area contributed by atoms with Crippen LogP contribution in [0.25, 0.3) is 0 Å². The standard InChI is InChI=1S/C14H26N4O/c1-14(2,3)9-12-16-13(17-19-12)11(15)10-18-7-5-4-6-8-18/h11H,4-10,15H2,1-3H3. The van der Waals surface area contributed by atoms with Gasteiger partial charge >= 0.3 is 0 Å². The number of aromatic nitrogens is 2. The first-order valence-corrected chi connectivity index (χ1v) is 7.24. The summed E-state index contributed by atoms with van der Waals surface area (Å²) in [6.07, 6.45) is 4.67. The highest BCUT2D eigenvalue weighted by Crippen LogP contribution is 2.20. The van der Waals surface area contributed by atoms with E-state index in [4.69, 9.17) is 10.3 Å². The number of likely N-dealkylation sites (tertiary alicyclic amines) is 1. The highest BCUT2D eigenvalue weighted by Gasteiger charge is 2.21. The molecule has 2 rings (SSSR count). The van der Waals surface area contributed by atoms with Crippen LogP contribution >= 0.6 is 0 Å². The van der Waals surface area contributed by atoms with Gasteiger partial charge in [0.2, 0.25) is 5.89 Å². The smallest absolute Gasteiger partial charge is 0.227 e. The number of nitrogens with zero attached hydrogens (tertiary/aromatic N) is 3. The summed E-state index contributed by atoms with van der Waals surface area (Å²) in [6, 6.07) is -0.143. The average molecular weight is 266 g/mol.